The van der Waals surface area contributed by atoms with Gasteiger partial charge in [0.15, 0.2) is 0 Å². The monoisotopic (exact) mass is 330 g/mol. The number of nitrogens with zero attached hydrogens (tertiary/aromatic N) is 3. The van der Waals surface area contributed by atoms with Crippen molar-refractivity contribution in [1.82, 2.24) is 19.8 Å². The Balaban J connectivity index is 2.11. The van der Waals surface area contributed by atoms with Crippen LogP contribution in [-0.2, 0) is 13.1 Å². The fourth-order valence-corrected chi connectivity index (χ4v) is 2.46. The molecule has 0 bridgehead atoms. The number of amides is 2. The van der Waals surface area contributed by atoms with Crippen molar-refractivity contribution in [2.45, 2.75) is 39.9 Å². The van der Waals surface area contributed by atoms with E-state index in [1.54, 1.807) is 18.2 Å². The summed E-state index contributed by atoms with van der Waals surface area (Å²) in [5, 5.41) is 2.86. The summed E-state index contributed by atoms with van der Waals surface area (Å²) in [4.78, 5) is 18.4. The highest BCUT2D eigenvalue weighted by atomic mass is 16.5. The number of hydrogen-bond donors (Lipinski definition) is 1. The second kappa shape index (κ2) is 8.38. The molecule has 0 aliphatic rings. The summed E-state index contributed by atoms with van der Waals surface area (Å²) >= 11 is 0. The van der Waals surface area contributed by atoms with E-state index in [1.807, 2.05) is 51.2 Å². The maximum atomic E-state index is 12.2. The van der Waals surface area contributed by atoms with Crippen LogP contribution in [0.5, 0.6) is 5.75 Å². The van der Waals surface area contributed by atoms with Crippen molar-refractivity contribution >= 4 is 6.03 Å². The van der Waals surface area contributed by atoms with Gasteiger partial charge in [0.05, 0.1) is 13.7 Å². The first-order valence-electron chi connectivity index (χ1n) is 8.22. The van der Waals surface area contributed by atoms with Crippen LogP contribution >= 0.6 is 0 Å². The lowest BCUT2D eigenvalue weighted by Crippen LogP contribution is -2.43. The van der Waals surface area contributed by atoms with Crippen LogP contribution in [0.25, 0.3) is 0 Å². The summed E-state index contributed by atoms with van der Waals surface area (Å²) in [6, 6.07) is 8.00. The molecule has 1 aromatic carbocycles. The molecule has 2 rings (SSSR count). The van der Waals surface area contributed by atoms with Gasteiger partial charge >= 0.3 is 6.03 Å². The first kappa shape index (κ1) is 17.8. The first-order valence-corrected chi connectivity index (χ1v) is 8.22. The van der Waals surface area contributed by atoms with E-state index in [-0.39, 0.29) is 12.1 Å². The predicted octanol–water partition coefficient (Wildman–Crippen LogP) is 2.88. The molecule has 6 nitrogen and oxygen atoms in total. The smallest absolute Gasteiger partial charge is 0.318 e. The quantitative estimate of drug-likeness (QED) is 0.849. The average Bonchev–Trinajstić information content (AvgIpc) is 3.00. The summed E-state index contributed by atoms with van der Waals surface area (Å²) in [5.74, 6) is 1.71. The zero-order valence-corrected chi connectivity index (χ0v) is 14.8. The van der Waals surface area contributed by atoms with Gasteiger partial charge in [0, 0.05) is 31.5 Å². The molecule has 2 aromatic rings. The molecule has 0 saturated heterocycles. The topological polar surface area (TPSA) is 59.4 Å². The first-order chi connectivity index (χ1) is 11.5. The number of carbonyl (C=O) groups is 1. The van der Waals surface area contributed by atoms with Crippen LogP contribution in [0, 0.1) is 0 Å². The SMILES string of the molecule is CCNC(=O)N(Cc1nccn1Cc1ccc(OC)cc1)C(C)C. The van der Waals surface area contributed by atoms with Gasteiger partial charge in [-0.25, -0.2) is 9.78 Å². The van der Waals surface area contributed by atoms with Crippen molar-refractivity contribution < 1.29 is 9.53 Å². The summed E-state index contributed by atoms with van der Waals surface area (Å²) < 4.78 is 7.25. The molecule has 0 aliphatic heterocycles. The van der Waals surface area contributed by atoms with Crippen molar-refractivity contribution in [3.05, 3.63) is 48.0 Å². The van der Waals surface area contributed by atoms with E-state index in [2.05, 4.69) is 14.9 Å². The number of methoxy groups -OCH3 is 1. The molecule has 1 N–H and O–H groups in total. The number of imidazole rings is 1. The van der Waals surface area contributed by atoms with E-state index < -0.39 is 0 Å². The van der Waals surface area contributed by atoms with E-state index >= 15 is 0 Å². The maximum absolute atomic E-state index is 12.2. The molecule has 0 radical (unpaired) electrons. The molecule has 2 amide bonds. The number of benzene rings is 1. The summed E-state index contributed by atoms with van der Waals surface area (Å²) in [7, 11) is 1.66. The lowest BCUT2D eigenvalue weighted by molar-refractivity contribution is 0.177. The number of aromatic nitrogens is 2. The highest BCUT2D eigenvalue weighted by Gasteiger charge is 2.18. The van der Waals surface area contributed by atoms with Crippen molar-refractivity contribution in [3.63, 3.8) is 0 Å². The van der Waals surface area contributed by atoms with Gasteiger partial charge in [-0.2, -0.15) is 0 Å². The van der Waals surface area contributed by atoms with Gasteiger partial charge < -0.3 is 19.5 Å². The average molecular weight is 330 g/mol. The molecule has 1 heterocycles. The Bertz CT molecular complexity index is 649. The van der Waals surface area contributed by atoms with Crippen molar-refractivity contribution in [3.8, 4) is 5.75 Å². The zero-order chi connectivity index (χ0) is 17.5. The van der Waals surface area contributed by atoms with Gasteiger partial charge in [-0.1, -0.05) is 12.1 Å². The summed E-state index contributed by atoms with van der Waals surface area (Å²) in [6.07, 6.45) is 3.71. The number of nitrogens with one attached hydrogen (secondary N) is 1. The molecule has 0 saturated carbocycles. The third kappa shape index (κ3) is 4.50. The Morgan fingerprint density at radius 2 is 2.04 bits per heavy atom. The summed E-state index contributed by atoms with van der Waals surface area (Å²) in [6.45, 7) is 7.73. The molecule has 130 valence electrons. The minimum absolute atomic E-state index is 0.0634. The van der Waals surface area contributed by atoms with E-state index in [0.29, 0.717) is 19.6 Å². The van der Waals surface area contributed by atoms with Crippen LogP contribution in [0.2, 0.25) is 0 Å². The predicted molar refractivity (Wildman–Crippen MR) is 94.1 cm³/mol. The number of urea groups is 1. The largest absolute Gasteiger partial charge is 0.497 e. The van der Waals surface area contributed by atoms with Crippen molar-refractivity contribution in [1.29, 1.82) is 0 Å². The van der Waals surface area contributed by atoms with Crippen LogP contribution in [0.3, 0.4) is 0 Å². The third-order valence-corrected chi connectivity index (χ3v) is 3.84. The fraction of sp³-hybridized carbons (Fsp3) is 0.444. The normalized spacial score (nSPS) is 10.7. The number of rotatable bonds is 7. The Kier molecular flexibility index (Phi) is 6.23. The molecule has 24 heavy (non-hydrogen) atoms. The highest BCUT2D eigenvalue weighted by Crippen LogP contribution is 2.14. The lowest BCUT2D eigenvalue weighted by atomic mass is 10.2. The van der Waals surface area contributed by atoms with Gasteiger partial charge in [-0.3, -0.25) is 0 Å². The van der Waals surface area contributed by atoms with Gasteiger partial charge in [-0.05, 0) is 38.5 Å². The van der Waals surface area contributed by atoms with Gasteiger partial charge in [-0.15, -0.1) is 0 Å². The Hall–Kier alpha value is -2.50. The Labute approximate surface area is 143 Å². The Morgan fingerprint density at radius 1 is 1.33 bits per heavy atom. The molecule has 0 fully saturated rings. The van der Waals surface area contributed by atoms with Gasteiger partial charge in [0.25, 0.3) is 0 Å². The van der Waals surface area contributed by atoms with Crippen LogP contribution < -0.4 is 10.1 Å². The van der Waals surface area contributed by atoms with Crippen LogP contribution in [0.15, 0.2) is 36.7 Å². The van der Waals surface area contributed by atoms with Crippen LogP contribution in [0.4, 0.5) is 4.79 Å². The van der Waals surface area contributed by atoms with Crippen LogP contribution in [0.1, 0.15) is 32.2 Å². The minimum Gasteiger partial charge on any atom is -0.497 e. The van der Waals surface area contributed by atoms with Crippen molar-refractivity contribution in [2.24, 2.45) is 0 Å². The van der Waals surface area contributed by atoms with Gasteiger partial charge in [0.2, 0.25) is 0 Å². The fourth-order valence-electron chi connectivity index (χ4n) is 2.46. The number of ether oxygens (including phenoxy) is 1. The number of hydrogen-bond acceptors (Lipinski definition) is 3. The van der Waals surface area contributed by atoms with E-state index in [4.69, 9.17) is 4.74 Å². The molecule has 1 aromatic heterocycles. The second-order valence-electron chi connectivity index (χ2n) is 5.88. The molecule has 0 aliphatic carbocycles. The molecular weight excluding hydrogens is 304 g/mol. The highest BCUT2D eigenvalue weighted by molar-refractivity contribution is 5.74. The molecule has 0 atom stereocenters. The van der Waals surface area contributed by atoms with Crippen molar-refractivity contribution in [2.75, 3.05) is 13.7 Å². The molecule has 0 spiro atoms. The summed E-state index contributed by atoms with van der Waals surface area (Å²) in [5.41, 5.74) is 1.16. The standard InChI is InChI=1S/C18H26N4O2/c1-5-19-18(23)22(14(2)3)13-17-20-10-11-21(17)12-15-6-8-16(24-4)9-7-15/h6-11,14H,5,12-13H2,1-4H3,(H,19,23). The van der Waals surface area contributed by atoms with E-state index in [1.165, 1.54) is 0 Å². The zero-order valence-electron chi connectivity index (χ0n) is 14.8. The van der Waals surface area contributed by atoms with E-state index in [9.17, 15) is 4.79 Å². The molecule has 0 unspecified atom stereocenters. The molecule has 6 heteroatoms. The van der Waals surface area contributed by atoms with Crippen LogP contribution in [-0.4, -0.2) is 40.2 Å². The van der Waals surface area contributed by atoms with E-state index in [0.717, 1.165) is 17.1 Å². The minimum atomic E-state index is -0.0634. The maximum Gasteiger partial charge on any atom is 0.318 e. The third-order valence-electron chi connectivity index (χ3n) is 3.84. The molecular formula is C18H26N4O2. The second-order valence-corrected chi connectivity index (χ2v) is 5.88. The lowest BCUT2D eigenvalue weighted by Gasteiger charge is -2.26. The van der Waals surface area contributed by atoms with Gasteiger partial charge in [0.1, 0.15) is 11.6 Å². The number of carbonyl (C=O) groups excluding carboxylic acids is 1. The Morgan fingerprint density at radius 3 is 2.62 bits per heavy atom.